The van der Waals surface area contributed by atoms with Crippen molar-refractivity contribution in [1.29, 1.82) is 0 Å². The first kappa shape index (κ1) is 23.6. The van der Waals surface area contributed by atoms with Crippen molar-refractivity contribution in [2.75, 3.05) is 26.2 Å². The summed E-state index contributed by atoms with van der Waals surface area (Å²) in [6.45, 7) is 8.93. The molecule has 3 atom stereocenters. The van der Waals surface area contributed by atoms with Crippen molar-refractivity contribution in [3.05, 3.63) is 46.2 Å². The number of benzene rings is 1. The van der Waals surface area contributed by atoms with Crippen LogP contribution in [0.2, 0.25) is 0 Å². The van der Waals surface area contributed by atoms with Gasteiger partial charge in [-0.05, 0) is 102 Å². The quantitative estimate of drug-likeness (QED) is 0.668. The lowest BCUT2D eigenvalue weighted by Gasteiger charge is -2.39. The first-order chi connectivity index (χ1) is 16.5. The van der Waals surface area contributed by atoms with E-state index >= 15 is 0 Å². The van der Waals surface area contributed by atoms with E-state index < -0.39 is 0 Å². The molecule has 6 heteroatoms. The van der Waals surface area contributed by atoms with Crippen LogP contribution in [0.5, 0.6) is 0 Å². The summed E-state index contributed by atoms with van der Waals surface area (Å²) in [6, 6.07) is 10.9. The predicted octanol–water partition coefficient (Wildman–Crippen LogP) is 4.18. The Balaban J connectivity index is 1.22. The first-order valence-corrected chi connectivity index (χ1v) is 13.4. The number of nitrogens with zero attached hydrogens (tertiary/aromatic N) is 3. The fourth-order valence-corrected chi connectivity index (χ4v) is 6.64. The van der Waals surface area contributed by atoms with Gasteiger partial charge in [0.25, 0.3) is 11.5 Å². The van der Waals surface area contributed by atoms with E-state index in [1.807, 2.05) is 38.1 Å². The fourth-order valence-electron chi connectivity index (χ4n) is 6.64. The molecule has 3 aliphatic rings. The second-order valence-electron chi connectivity index (χ2n) is 10.9. The lowest BCUT2D eigenvalue weighted by molar-refractivity contribution is 0.0829. The van der Waals surface area contributed by atoms with Crippen molar-refractivity contribution in [1.82, 2.24) is 19.7 Å². The summed E-state index contributed by atoms with van der Waals surface area (Å²) in [6.07, 6.45) is 9.81. The number of rotatable bonds is 7. The molecule has 1 aromatic carbocycles. The number of likely N-dealkylation sites (tertiary alicyclic amines) is 1. The van der Waals surface area contributed by atoms with Crippen LogP contribution in [0.25, 0.3) is 10.9 Å². The van der Waals surface area contributed by atoms with Crippen LogP contribution in [0.15, 0.2) is 35.1 Å². The number of carbonyl (C=O) groups excluding carboxylic acids is 1. The molecule has 34 heavy (non-hydrogen) atoms. The van der Waals surface area contributed by atoms with Gasteiger partial charge >= 0.3 is 0 Å². The SMILES string of the molecule is CC(C)n1c(=O)c(C(=O)NC2C[C@H]3CC[C@@H](C2)N3CCCN2CCCCC2)cc2ccccc21. The minimum Gasteiger partial charge on any atom is -0.349 e. The summed E-state index contributed by atoms with van der Waals surface area (Å²) in [5.74, 6) is -0.215. The van der Waals surface area contributed by atoms with Crippen molar-refractivity contribution >= 4 is 16.8 Å². The largest absolute Gasteiger partial charge is 0.349 e. The van der Waals surface area contributed by atoms with E-state index in [1.54, 1.807) is 10.6 Å². The Bertz CT molecular complexity index is 1060. The maximum absolute atomic E-state index is 13.3. The third-order valence-corrected chi connectivity index (χ3v) is 8.27. The summed E-state index contributed by atoms with van der Waals surface area (Å²) in [4.78, 5) is 31.9. The Morgan fingerprint density at radius 1 is 1.03 bits per heavy atom. The molecular weight excluding hydrogens is 424 g/mol. The van der Waals surface area contributed by atoms with Crippen molar-refractivity contribution in [2.45, 2.75) is 89.4 Å². The van der Waals surface area contributed by atoms with Crippen LogP contribution in [0.4, 0.5) is 0 Å². The molecule has 3 aliphatic heterocycles. The van der Waals surface area contributed by atoms with Crippen molar-refractivity contribution < 1.29 is 4.79 Å². The molecule has 1 amide bonds. The fraction of sp³-hybridized carbons (Fsp3) is 0.643. The number of hydrogen-bond donors (Lipinski definition) is 1. The molecule has 2 aromatic rings. The van der Waals surface area contributed by atoms with Crippen LogP contribution in [0.3, 0.4) is 0 Å². The Hall–Kier alpha value is -2.18. The predicted molar refractivity (Wildman–Crippen MR) is 138 cm³/mol. The molecule has 4 heterocycles. The van der Waals surface area contributed by atoms with Crippen molar-refractivity contribution in [3.8, 4) is 0 Å². The minimum atomic E-state index is -0.215. The molecule has 6 nitrogen and oxygen atoms in total. The highest BCUT2D eigenvalue weighted by molar-refractivity contribution is 5.97. The molecule has 0 aliphatic carbocycles. The number of fused-ring (bicyclic) bond motifs is 3. The number of pyridine rings is 1. The van der Waals surface area contributed by atoms with Gasteiger partial charge in [0.2, 0.25) is 0 Å². The van der Waals surface area contributed by atoms with Crippen LogP contribution in [-0.2, 0) is 0 Å². The van der Waals surface area contributed by atoms with Gasteiger partial charge in [-0.3, -0.25) is 14.5 Å². The summed E-state index contributed by atoms with van der Waals surface area (Å²) >= 11 is 0. The first-order valence-electron chi connectivity index (χ1n) is 13.4. The standard InChI is InChI=1S/C28H40N4O2/c1-20(2)32-26-10-5-4-9-21(26)17-25(28(32)34)27(33)29-22-18-23-11-12-24(19-22)31(23)16-8-15-30-13-6-3-7-14-30/h4-5,9-10,17,20,22-24H,3,6-8,11-16,18-19H2,1-2H3,(H,29,33)/t22?,23-,24+. The van der Waals surface area contributed by atoms with Crippen LogP contribution >= 0.6 is 0 Å². The van der Waals surface area contributed by atoms with Gasteiger partial charge in [0, 0.05) is 24.2 Å². The second kappa shape index (κ2) is 10.2. The Morgan fingerprint density at radius 2 is 1.74 bits per heavy atom. The molecule has 5 rings (SSSR count). The number of piperidine rings is 2. The van der Waals surface area contributed by atoms with Crippen LogP contribution in [0, 0.1) is 0 Å². The Labute approximate surface area is 203 Å². The lowest BCUT2D eigenvalue weighted by atomic mass is 9.96. The highest BCUT2D eigenvalue weighted by Gasteiger charge is 2.40. The van der Waals surface area contributed by atoms with Gasteiger partial charge in [-0.25, -0.2) is 0 Å². The van der Waals surface area contributed by atoms with Crippen molar-refractivity contribution in [2.24, 2.45) is 0 Å². The van der Waals surface area contributed by atoms with Gasteiger partial charge in [0.15, 0.2) is 0 Å². The van der Waals surface area contributed by atoms with Gasteiger partial charge in [0.05, 0.1) is 5.52 Å². The number of amides is 1. The average Bonchev–Trinajstić information content (AvgIpc) is 3.06. The van der Waals surface area contributed by atoms with E-state index in [0.29, 0.717) is 12.1 Å². The number of hydrogen-bond acceptors (Lipinski definition) is 4. The maximum Gasteiger partial charge on any atom is 0.264 e. The number of carbonyl (C=O) groups is 1. The Morgan fingerprint density at radius 3 is 2.44 bits per heavy atom. The van der Waals surface area contributed by atoms with E-state index in [1.165, 1.54) is 64.7 Å². The summed E-state index contributed by atoms with van der Waals surface area (Å²) in [5, 5.41) is 4.18. The third kappa shape index (κ3) is 4.80. The normalized spacial score (nSPS) is 25.8. The Kier molecular flexibility index (Phi) is 7.07. The molecule has 3 saturated heterocycles. The zero-order valence-corrected chi connectivity index (χ0v) is 20.8. The molecule has 0 radical (unpaired) electrons. The zero-order valence-electron chi connectivity index (χ0n) is 20.8. The van der Waals surface area contributed by atoms with Crippen LogP contribution in [-0.4, -0.2) is 64.6 Å². The topological polar surface area (TPSA) is 57.6 Å². The highest BCUT2D eigenvalue weighted by atomic mass is 16.2. The highest BCUT2D eigenvalue weighted by Crippen LogP contribution is 2.36. The molecule has 2 bridgehead atoms. The maximum atomic E-state index is 13.3. The monoisotopic (exact) mass is 464 g/mol. The van der Waals surface area contributed by atoms with E-state index in [9.17, 15) is 9.59 Å². The molecule has 3 fully saturated rings. The molecule has 1 N–H and O–H groups in total. The summed E-state index contributed by atoms with van der Waals surface area (Å²) < 4.78 is 1.75. The van der Waals surface area contributed by atoms with E-state index in [-0.39, 0.29) is 29.1 Å². The molecule has 1 aromatic heterocycles. The van der Waals surface area contributed by atoms with Gasteiger partial charge in [-0.15, -0.1) is 0 Å². The third-order valence-electron chi connectivity index (χ3n) is 8.27. The molecule has 1 unspecified atom stereocenters. The summed E-state index contributed by atoms with van der Waals surface area (Å²) in [5.41, 5.74) is 0.961. The van der Waals surface area contributed by atoms with Gasteiger partial charge in [-0.1, -0.05) is 24.6 Å². The summed E-state index contributed by atoms with van der Waals surface area (Å²) in [7, 11) is 0. The minimum absolute atomic E-state index is 0.00540. The molecule has 184 valence electrons. The average molecular weight is 465 g/mol. The molecule has 0 spiro atoms. The smallest absolute Gasteiger partial charge is 0.264 e. The van der Waals surface area contributed by atoms with E-state index in [0.717, 1.165) is 23.7 Å². The van der Waals surface area contributed by atoms with Gasteiger partial charge in [-0.2, -0.15) is 0 Å². The van der Waals surface area contributed by atoms with Crippen LogP contribution in [0.1, 0.15) is 81.6 Å². The number of para-hydroxylation sites is 1. The molecule has 0 saturated carbocycles. The molecular formula is C28H40N4O2. The van der Waals surface area contributed by atoms with E-state index in [4.69, 9.17) is 0 Å². The van der Waals surface area contributed by atoms with Crippen LogP contribution < -0.4 is 10.9 Å². The number of nitrogens with one attached hydrogen (secondary N) is 1. The number of aromatic nitrogens is 1. The lowest BCUT2D eigenvalue weighted by Crippen LogP contribution is -2.51. The van der Waals surface area contributed by atoms with Crippen molar-refractivity contribution in [3.63, 3.8) is 0 Å². The second-order valence-corrected chi connectivity index (χ2v) is 10.9. The van der Waals surface area contributed by atoms with E-state index in [2.05, 4.69) is 15.1 Å². The zero-order chi connectivity index (χ0) is 23.7. The van der Waals surface area contributed by atoms with Gasteiger partial charge in [0.1, 0.15) is 5.56 Å². The van der Waals surface area contributed by atoms with Gasteiger partial charge < -0.3 is 14.8 Å².